The number of nitro groups is 1. The third-order valence-corrected chi connectivity index (χ3v) is 3.27. The maximum absolute atomic E-state index is 12.4. The summed E-state index contributed by atoms with van der Waals surface area (Å²) in [7, 11) is 0. The first-order valence-electron chi connectivity index (χ1n) is 6.13. The monoisotopic (exact) mass is 299 g/mol. The SMILES string of the molecule is CC1CN(C(=O)c2cc([N+](=O)[O-])cnc2Cl)CC(C)O1. The van der Waals surface area contributed by atoms with Gasteiger partial charge in [-0.2, -0.15) is 0 Å². The molecule has 0 radical (unpaired) electrons. The van der Waals surface area contributed by atoms with Crippen molar-refractivity contribution in [3.63, 3.8) is 0 Å². The van der Waals surface area contributed by atoms with Gasteiger partial charge < -0.3 is 9.64 Å². The Morgan fingerprint density at radius 1 is 1.50 bits per heavy atom. The van der Waals surface area contributed by atoms with E-state index in [2.05, 4.69) is 4.98 Å². The van der Waals surface area contributed by atoms with Gasteiger partial charge in [0.05, 0.1) is 22.7 Å². The number of ether oxygens (including phenoxy) is 1. The summed E-state index contributed by atoms with van der Waals surface area (Å²) in [5, 5.41) is 10.7. The van der Waals surface area contributed by atoms with Crippen LogP contribution in [0, 0.1) is 10.1 Å². The van der Waals surface area contributed by atoms with Gasteiger partial charge in [0.1, 0.15) is 11.3 Å². The predicted molar refractivity (Wildman–Crippen MR) is 71.8 cm³/mol. The number of carbonyl (C=O) groups is 1. The summed E-state index contributed by atoms with van der Waals surface area (Å²) in [6.45, 7) is 4.57. The van der Waals surface area contributed by atoms with Gasteiger partial charge in [0.2, 0.25) is 0 Å². The third kappa shape index (κ3) is 3.05. The molecule has 2 rings (SSSR count). The maximum Gasteiger partial charge on any atom is 0.288 e. The third-order valence-electron chi connectivity index (χ3n) is 2.97. The molecule has 1 fully saturated rings. The fourth-order valence-corrected chi connectivity index (χ4v) is 2.39. The van der Waals surface area contributed by atoms with Gasteiger partial charge in [-0.15, -0.1) is 0 Å². The fraction of sp³-hybridized carbons (Fsp3) is 0.500. The van der Waals surface area contributed by atoms with E-state index in [1.807, 2.05) is 13.8 Å². The molecule has 8 heteroatoms. The van der Waals surface area contributed by atoms with Gasteiger partial charge in [-0.25, -0.2) is 4.98 Å². The van der Waals surface area contributed by atoms with E-state index < -0.39 is 4.92 Å². The largest absolute Gasteiger partial charge is 0.372 e. The van der Waals surface area contributed by atoms with Gasteiger partial charge in [0.25, 0.3) is 11.6 Å². The van der Waals surface area contributed by atoms with Crippen LogP contribution < -0.4 is 0 Å². The zero-order valence-corrected chi connectivity index (χ0v) is 11.8. The van der Waals surface area contributed by atoms with Crippen LogP contribution in [0.3, 0.4) is 0 Å². The van der Waals surface area contributed by atoms with Crippen molar-refractivity contribution in [2.75, 3.05) is 13.1 Å². The smallest absolute Gasteiger partial charge is 0.288 e. The Bertz CT molecular complexity index is 542. The van der Waals surface area contributed by atoms with E-state index in [1.54, 1.807) is 4.90 Å². The molecule has 0 saturated carbocycles. The van der Waals surface area contributed by atoms with Crippen LogP contribution >= 0.6 is 11.6 Å². The minimum Gasteiger partial charge on any atom is -0.372 e. The molecule has 1 saturated heterocycles. The molecule has 0 spiro atoms. The van der Waals surface area contributed by atoms with Crippen molar-refractivity contribution < 1.29 is 14.5 Å². The molecule has 1 amide bonds. The molecule has 0 aliphatic carbocycles. The second-order valence-corrected chi connectivity index (χ2v) is 5.11. The Kier molecular flexibility index (Phi) is 4.20. The first-order chi connectivity index (χ1) is 9.38. The number of rotatable bonds is 2. The summed E-state index contributed by atoms with van der Waals surface area (Å²) in [4.78, 5) is 27.8. The molecule has 0 N–H and O–H groups in total. The number of aromatic nitrogens is 1. The number of morpholine rings is 1. The summed E-state index contributed by atoms with van der Waals surface area (Å²) in [6.07, 6.45) is 0.852. The molecule has 2 unspecified atom stereocenters. The van der Waals surface area contributed by atoms with Crippen molar-refractivity contribution in [3.8, 4) is 0 Å². The number of amides is 1. The Labute approximate surface area is 120 Å². The normalized spacial score (nSPS) is 22.6. The lowest BCUT2D eigenvalue weighted by Gasteiger charge is -2.35. The van der Waals surface area contributed by atoms with Gasteiger partial charge in [0.15, 0.2) is 0 Å². The van der Waals surface area contributed by atoms with Crippen molar-refractivity contribution in [1.29, 1.82) is 0 Å². The lowest BCUT2D eigenvalue weighted by atomic mass is 10.1. The molecule has 1 aromatic heterocycles. The lowest BCUT2D eigenvalue weighted by molar-refractivity contribution is -0.385. The number of pyridine rings is 1. The van der Waals surface area contributed by atoms with E-state index in [1.165, 1.54) is 0 Å². The molecule has 2 atom stereocenters. The van der Waals surface area contributed by atoms with Crippen LogP contribution in [-0.2, 0) is 4.74 Å². The minimum atomic E-state index is -0.606. The number of nitrogens with zero attached hydrogens (tertiary/aromatic N) is 3. The maximum atomic E-state index is 12.4. The highest BCUT2D eigenvalue weighted by Crippen LogP contribution is 2.22. The van der Waals surface area contributed by atoms with Crippen molar-refractivity contribution >= 4 is 23.2 Å². The molecule has 0 aromatic carbocycles. The first kappa shape index (κ1) is 14.7. The highest BCUT2D eigenvalue weighted by atomic mass is 35.5. The van der Waals surface area contributed by atoms with E-state index in [0.29, 0.717) is 13.1 Å². The number of halogens is 1. The molecule has 20 heavy (non-hydrogen) atoms. The standard InChI is InChI=1S/C12H14ClN3O4/c1-7-5-15(6-8(2)20-7)12(17)10-3-9(16(18)19)4-14-11(10)13/h3-4,7-8H,5-6H2,1-2H3. The molecular formula is C12H14ClN3O4. The van der Waals surface area contributed by atoms with Crippen molar-refractivity contribution in [2.24, 2.45) is 0 Å². The molecule has 1 aromatic rings. The van der Waals surface area contributed by atoms with E-state index in [-0.39, 0.29) is 34.5 Å². The summed E-state index contributed by atoms with van der Waals surface area (Å²) >= 11 is 5.88. The summed E-state index contributed by atoms with van der Waals surface area (Å²) < 4.78 is 5.54. The van der Waals surface area contributed by atoms with Gasteiger partial charge in [-0.1, -0.05) is 11.6 Å². The average Bonchev–Trinajstić information content (AvgIpc) is 2.37. The second-order valence-electron chi connectivity index (χ2n) is 4.76. The van der Waals surface area contributed by atoms with E-state index >= 15 is 0 Å². The topological polar surface area (TPSA) is 85.6 Å². The van der Waals surface area contributed by atoms with Gasteiger partial charge >= 0.3 is 0 Å². The first-order valence-corrected chi connectivity index (χ1v) is 6.51. The van der Waals surface area contributed by atoms with Crippen LogP contribution in [-0.4, -0.2) is 46.0 Å². The molecule has 2 heterocycles. The molecule has 0 bridgehead atoms. The Hall–Kier alpha value is -1.73. The van der Waals surface area contributed by atoms with E-state index in [0.717, 1.165) is 12.3 Å². The quantitative estimate of drug-likeness (QED) is 0.473. The Balaban J connectivity index is 2.28. The molecule has 7 nitrogen and oxygen atoms in total. The zero-order chi connectivity index (χ0) is 14.9. The number of hydrogen-bond donors (Lipinski definition) is 0. The van der Waals surface area contributed by atoms with Crippen LogP contribution in [0.2, 0.25) is 5.15 Å². The fourth-order valence-electron chi connectivity index (χ4n) is 2.20. The minimum absolute atomic E-state index is 0.0348. The highest BCUT2D eigenvalue weighted by Gasteiger charge is 2.29. The summed E-state index contributed by atoms with van der Waals surface area (Å²) in [5.74, 6) is -0.367. The Morgan fingerprint density at radius 2 is 2.10 bits per heavy atom. The lowest BCUT2D eigenvalue weighted by Crippen LogP contribution is -2.48. The van der Waals surface area contributed by atoms with Gasteiger partial charge in [-0.05, 0) is 13.8 Å². The van der Waals surface area contributed by atoms with Crippen molar-refractivity contribution in [2.45, 2.75) is 26.1 Å². The summed E-state index contributed by atoms with van der Waals surface area (Å²) in [5.41, 5.74) is -0.214. The van der Waals surface area contributed by atoms with E-state index in [4.69, 9.17) is 16.3 Å². The van der Waals surface area contributed by atoms with Crippen molar-refractivity contribution in [1.82, 2.24) is 9.88 Å². The average molecular weight is 300 g/mol. The van der Waals surface area contributed by atoms with Gasteiger partial charge in [-0.3, -0.25) is 14.9 Å². The van der Waals surface area contributed by atoms with Crippen LogP contribution in [0.25, 0.3) is 0 Å². The van der Waals surface area contributed by atoms with Crippen molar-refractivity contribution in [3.05, 3.63) is 33.1 Å². The number of carbonyl (C=O) groups excluding carboxylic acids is 1. The van der Waals surface area contributed by atoms with Crippen LogP contribution in [0.5, 0.6) is 0 Å². The zero-order valence-electron chi connectivity index (χ0n) is 11.1. The predicted octanol–water partition coefficient (Wildman–Crippen LogP) is 1.89. The molecule has 1 aliphatic heterocycles. The van der Waals surface area contributed by atoms with Gasteiger partial charge in [0, 0.05) is 19.2 Å². The summed E-state index contributed by atoms with van der Waals surface area (Å²) in [6, 6.07) is 1.16. The molecular weight excluding hydrogens is 286 g/mol. The van der Waals surface area contributed by atoms with Crippen LogP contribution in [0.15, 0.2) is 12.3 Å². The molecule has 1 aliphatic rings. The molecule has 108 valence electrons. The van der Waals surface area contributed by atoms with Crippen LogP contribution in [0.1, 0.15) is 24.2 Å². The number of hydrogen-bond acceptors (Lipinski definition) is 5. The highest BCUT2D eigenvalue weighted by molar-refractivity contribution is 6.32. The van der Waals surface area contributed by atoms with Crippen LogP contribution in [0.4, 0.5) is 5.69 Å². The Morgan fingerprint density at radius 3 is 2.65 bits per heavy atom. The van der Waals surface area contributed by atoms with E-state index in [9.17, 15) is 14.9 Å². The second kappa shape index (κ2) is 5.72.